The molecule has 0 radical (unpaired) electrons. The monoisotopic (exact) mass is 270 g/mol. The Morgan fingerprint density at radius 2 is 2.11 bits per heavy atom. The third-order valence-corrected chi connectivity index (χ3v) is 3.94. The van der Waals surface area contributed by atoms with Crippen molar-refractivity contribution >= 4 is 6.09 Å². The first-order chi connectivity index (χ1) is 8.91. The first kappa shape index (κ1) is 16.3. The van der Waals surface area contributed by atoms with Gasteiger partial charge in [0.1, 0.15) is 5.60 Å². The summed E-state index contributed by atoms with van der Waals surface area (Å²) in [4.78, 5) is 11.6. The predicted octanol–water partition coefficient (Wildman–Crippen LogP) is 2.93. The number of hydrogen-bond acceptors (Lipinski definition) is 3. The molecule has 19 heavy (non-hydrogen) atoms. The maximum atomic E-state index is 11.6. The fraction of sp³-hybridized carbons (Fsp3) is 0.933. The van der Waals surface area contributed by atoms with Gasteiger partial charge in [0.05, 0.1) is 0 Å². The molecule has 2 aliphatic rings. The van der Waals surface area contributed by atoms with Crippen LogP contribution in [-0.4, -0.2) is 31.3 Å². The molecule has 2 atom stereocenters. The second kappa shape index (κ2) is 6.60. The van der Waals surface area contributed by atoms with Crippen molar-refractivity contribution < 1.29 is 9.53 Å². The van der Waals surface area contributed by atoms with Crippen LogP contribution in [0, 0.1) is 11.3 Å². The molecule has 0 aromatic rings. The van der Waals surface area contributed by atoms with Gasteiger partial charge in [-0.05, 0) is 46.1 Å². The summed E-state index contributed by atoms with van der Waals surface area (Å²) in [5, 5.41) is 6.39. The molecule has 112 valence electrons. The zero-order valence-electron chi connectivity index (χ0n) is 13.1. The molecule has 1 saturated heterocycles. The lowest BCUT2D eigenvalue weighted by atomic mass is 9.81. The second-order valence-corrected chi connectivity index (χ2v) is 6.44. The molecule has 1 aliphatic heterocycles. The standard InChI is InChI=1S/C13H24N2O2.C2H6/c1-12(2,3)17-11(16)15-9-13-6-4-5-10(13)7-14-8-13;1-2/h10,14H,4-9H2,1-3H3,(H,15,16);1-2H3. The Labute approximate surface area is 117 Å². The fourth-order valence-electron chi connectivity index (χ4n) is 3.12. The van der Waals surface area contributed by atoms with E-state index in [0.717, 1.165) is 25.6 Å². The number of carbonyl (C=O) groups excluding carboxylic acids is 1. The van der Waals surface area contributed by atoms with Crippen molar-refractivity contribution in [2.75, 3.05) is 19.6 Å². The van der Waals surface area contributed by atoms with E-state index in [2.05, 4.69) is 10.6 Å². The van der Waals surface area contributed by atoms with Crippen molar-refractivity contribution in [3.8, 4) is 0 Å². The molecule has 4 nitrogen and oxygen atoms in total. The van der Waals surface area contributed by atoms with Gasteiger partial charge in [0, 0.05) is 18.5 Å². The first-order valence-electron chi connectivity index (χ1n) is 7.59. The Morgan fingerprint density at radius 3 is 2.74 bits per heavy atom. The SMILES string of the molecule is CC.CC(C)(C)OC(=O)NCC12CCCC1CNC2. The molecular formula is C15H30N2O2. The van der Waals surface area contributed by atoms with E-state index in [9.17, 15) is 4.79 Å². The summed E-state index contributed by atoms with van der Waals surface area (Å²) < 4.78 is 5.27. The molecule has 0 aromatic heterocycles. The van der Waals surface area contributed by atoms with Crippen molar-refractivity contribution in [2.24, 2.45) is 11.3 Å². The largest absolute Gasteiger partial charge is 0.444 e. The number of amides is 1. The minimum absolute atomic E-state index is 0.288. The second-order valence-electron chi connectivity index (χ2n) is 6.44. The van der Waals surface area contributed by atoms with Gasteiger partial charge in [0.25, 0.3) is 0 Å². The summed E-state index contributed by atoms with van der Waals surface area (Å²) in [6.45, 7) is 12.6. The van der Waals surface area contributed by atoms with Crippen LogP contribution in [0.1, 0.15) is 53.9 Å². The first-order valence-corrected chi connectivity index (χ1v) is 7.59. The molecule has 1 aliphatic carbocycles. The Balaban J connectivity index is 0.000000861. The van der Waals surface area contributed by atoms with Crippen LogP contribution in [0.2, 0.25) is 0 Å². The normalized spacial score (nSPS) is 29.2. The maximum absolute atomic E-state index is 11.6. The van der Waals surface area contributed by atoms with Gasteiger partial charge in [-0.1, -0.05) is 20.3 Å². The maximum Gasteiger partial charge on any atom is 0.407 e. The summed E-state index contributed by atoms with van der Waals surface area (Å²) in [6, 6.07) is 0. The summed E-state index contributed by atoms with van der Waals surface area (Å²) in [5.41, 5.74) is -0.123. The van der Waals surface area contributed by atoms with Crippen LogP contribution in [0.3, 0.4) is 0 Å². The molecule has 0 spiro atoms. The van der Waals surface area contributed by atoms with Gasteiger partial charge in [-0.25, -0.2) is 4.79 Å². The molecule has 4 heteroatoms. The van der Waals surface area contributed by atoms with E-state index in [1.165, 1.54) is 19.3 Å². The smallest absolute Gasteiger partial charge is 0.407 e. The van der Waals surface area contributed by atoms with E-state index in [-0.39, 0.29) is 11.5 Å². The summed E-state index contributed by atoms with van der Waals surface area (Å²) in [5.74, 6) is 0.734. The van der Waals surface area contributed by atoms with Gasteiger partial charge in [-0.2, -0.15) is 0 Å². The summed E-state index contributed by atoms with van der Waals surface area (Å²) in [7, 11) is 0. The molecule has 1 heterocycles. The van der Waals surface area contributed by atoms with Crippen LogP contribution in [-0.2, 0) is 4.74 Å². The number of nitrogens with one attached hydrogen (secondary N) is 2. The van der Waals surface area contributed by atoms with Crippen molar-refractivity contribution in [1.82, 2.24) is 10.6 Å². The van der Waals surface area contributed by atoms with Gasteiger partial charge in [0.2, 0.25) is 0 Å². The Bertz CT molecular complexity index is 287. The Morgan fingerprint density at radius 1 is 1.42 bits per heavy atom. The third-order valence-electron chi connectivity index (χ3n) is 3.94. The van der Waals surface area contributed by atoms with E-state index < -0.39 is 5.60 Å². The molecule has 2 rings (SSSR count). The quantitative estimate of drug-likeness (QED) is 0.811. The minimum atomic E-state index is -0.412. The number of fused-ring (bicyclic) bond motifs is 1. The van der Waals surface area contributed by atoms with Crippen LogP contribution >= 0.6 is 0 Å². The molecule has 2 fully saturated rings. The number of carbonyl (C=O) groups is 1. The van der Waals surface area contributed by atoms with Gasteiger partial charge >= 0.3 is 6.09 Å². The highest BCUT2D eigenvalue weighted by Gasteiger charge is 2.46. The van der Waals surface area contributed by atoms with Gasteiger partial charge < -0.3 is 15.4 Å². The van der Waals surface area contributed by atoms with Crippen molar-refractivity contribution in [2.45, 2.75) is 59.5 Å². The zero-order valence-corrected chi connectivity index (χ0v) is 13.1. The third kappa shape index (κ3) is 4.37. The lowest BCUT2D eigenvalue weighted by molar-refractivity contribution is 0.0497. The topological polar surface area (TPSA) is 50.4 Å². The van der Waals surface area contributed by atoms with Gasteiger partial charge in [0.15, 0.2) is 0 Å². The average molecular weight is 270 g/mol. The van der Waals surface area contributed by atoms with Gasteiger partial charge in [-0.3, -0.25) is 0 Å². The Hall–Kier alpha value is -0.770. The zero-order chi connectivity index (χ0) is 14.5. The molecule has 0 bridgehead atoms. The summed E-state index contributed by atoms with van der Waals surface area (Å²) >= 11 is 0. The highest BCUT2D eigenvalue weighted by atomic mass is 16.6. The van der Waals surface area contributed by atoms with E-state index in [1.807, 2.05) is 34.6 Å². The molecule has 2 N–H and O–H groups in total. The van der Waals surface area contributed by atoms with Crippen LogP contribution in [0.25, 0.3) is 0 Å². The highest BCUT2D eigenvalue weighted by Crippen LogP contribution is 2.45. The molecule has 1 saturated carbocycles. The van der Waals surface area contributed by atoms with Crippen molar-refractivity contribution in [3.05, 3.63) is 0 Å². The van der Waals surface area contributed by atoms with Crippen LogP contribution < -0.4 is 10.6 Å². The van der Waals surface area contributed by atoms with Crippen LogP contribution in [0.15, 0.2) is 0 Å². The minimum Gasteiger partial charge on any atom is -0.444 e. The van der Waals surface area contributed by atoms with E-state index >= 15 is 0 Å². The van der Waals surface area contributed by atoms with Crippen LogP contribution in [0.4, 0.5) is 4.79 Å². The number of ether oxygens (including phenoxy) is 1. The lowest BCUT2D eigenvalue weighted by Gasteiger charge is -2.29. The van der Waals surface area contributed by atoms with E-state index in [0.29, 0.717) is 0 Å². The fourth-order valence-corrected chi connectivity index (χ4v) is 3.12. The van der Waals surface area contributed by atoms with Crippen molar-refractivity contribution in [1.29, 1.82) is 0 Å². The van der Waals surface area contributed by atoms with Crippen LogP contribution in [0.5, 0.6) is 0 Å². The van der Waals surface area contributed by atoms with E-state index in [4.69, 9.17) is 4.74 Å². The number of rotatable bonds is 2. The predicted molar refractivity (Wildman–Crippen MR) is 78.2 cm³/mol. The highest BCUT2D eigenvalue weighted by molar-refractivity contribution is 5.67. The number of alkyl carbamates (subject to hydrolysis) is 1. The lowest BCUT2D eigenvalue weighted by Crippen LogP contribution is -2.42. The molecule has 0 aromatic carbocycles. The molecule has 2 unspecified atom stereocenters. The average Bonchev–Trinajstić information content (AvgIpc) is 2.86. The number of hydrogen-bond donors (Lipinski definition) is 2. The molecule has 1 amide bonds. The summed E-state index contributed by atoms with van der Waals surface area (Å²) in [6.07, 6.45) is 3.52. The van der Waals surface area contributed by atoms with Gasteiger partial charge in [-0.15, -0.1) is 0 Å². The Kier molecular flexibility index (Phi) is 5.65. The van der Waals surface area contributed by atoms with E-state index in [1.54, 1.807) is 0 Å². The van der Waals surface area contributed by atoms with Crippen molar-refractivity contribution in [3.63, 3.8) is 0 Å². The molecular weight excluding hydrogens is 240 g/mol.